The molecule has 0 aliphatic heterocycles. The first-order valence-corrected chi connectivity index (χ1v) is 5.04. The Kier molecular flexibility index (Phi) is 3.50. The summed E-state index contributed by atoms with van der Waals surface area (Å²) >= 11 is 0. The van der Waals surface area contributed by atoms with Crippen molar-refractivity contribution in [2.75, 3.05) is 5.73 Å². The largest absolute Gasteiger partial charge is 0.398 e. The lowest BCUT2D eigenvalue weighted by Gasteiger charge is -2.05. The third-order valence-corrected chi connectivity index (χ3v) is 2.19. The summed E-state index contributed by atoms with van der Waals surface area (Å²) in [6.07, 6.45) is 0. The van der Waals surface area contributed by atoms with E-state index in [9.17, 15) is 4.79 Å². The van der Waals surface area contributed by atoms with Gasteiger partial charge in [0.05, 0.1) is 5.52 Å². The van der Waals surface area contributed by atoms with Crippen molar-refractivity contribution < 1.29 is 0 Å². The van der Waals surface area contributed by atoms with E-state index in [-0.39, 0.29) is 5.56 Å². The number of nitrogens with two attached hydrogens (primary N) is 1. The third-order valence-electron chi connectivity index (χ3n) is 2.19. The molecule has 0 spiro atoms. The lowest BCUT2D eigenvalue weighted by atomic mass is 10.2. The summed E-state index contributed by atoms with van der Waals surface area (Å²) in [5.74, 6) is 0. The zero-order valence-corrected chi connectivity index (χ0v) is 9.32. The molecule has 1 aromatic carbocycles. The molecule has 80 valence electrons. The average molecular weight is 204 g/mol. The summed E-state index contributed by atoms with van der Waals surface area (Å²) in [4.78, 5) is 11.3. The summed E-state index contributed by atoms with van der Waals surface area (Å²) in [7, 11) is 1.74. The van der Waals surface area contributed by atoms with Crippen molar-refractivity contribution in [3.8, 4) is 0 Å². The lowest BCUT2D eigenvalue weighted by Crippen LogP contribution is -2.16. The molecular weight excluding hydrogens is 188 g/mol. The van der Waals surface area contributed by atoms with Crippen molar-refractivity contribution in [2.45, 2.75) is 13.8 Å². The number of nitrogens with zero attached hydrogens (tertiary/aromatic N) is 1. The van der Waals surface area contributed by atoms with Gasteiger partial charge in [-0.3, -0.25) is 4.79 Å². The smallest absolute Gasteiger partial charge is 0.252 e. The highest BCUT2D eigenvalue weighted by molar-refractivity contribution is 5.89. The molecule has 0 atom stereocenters. The highest BCUT2D eigenvalue weighted by Gasteiger charge is 2.01. The lowest BCUT2D eigenvalue weighted by molar-refractivity contribution is 0.907. The Morgan fingerprint density at radius 1 is 1.20 bits per heavy atom. The molecule has 0 saturated heterocycles. The maximum Gasteiger partial charge on any atom is 0.252 e. The summed E-state index contributed by atoms with van der Waals surface area (Å²) in [5, 5.41) is 0.921. The zero-order valence-electron chi connectivity index (χ0n) is 9.32. The van der Waals surface area contributed by atoms with Crippen molar-refractivity contribution >= 4 is 16.6 Å². The predicted molar refractivity (Wildman–Crippen MR) is 64.9 cm³/mol. The molecule has 0 bridgehead atoms. The van der Waals surface area contributed by atoms with E-state index in [1.807, 2.05) is 38.1 Å². The van der Waals surface area contributed by atoms with Crippen molar-refractivity contribution in [1.82, 2.24) is 4.57 Å². The van der Waals surface area contributed by atoms with Crippen molar-refractivity contribution in [2.24, 2.45) is 7.05 Å². The van der Waals surface area contributed by atoms with Crippen LogP contribution < -0.4 is 11.3 Å². The molecular formula is C12H16N2O. The molecule has 3 heteroatoms. The van der Waals surface area contributed by atoms with E-state index in [1.54, 1.807) is 11.6 Å². The molecule has 0 radical (unpaired) electrons. The van der Waals surface area contributed by atoms with Gasteiger partial charge in [0.2, 0.25) is 0 Å². The maximum absolute atomic E-state index is 11.3. The highest BCUT2D eigenvalue weighted by atomic mass is 16.1. The van der Waals surface area contributed by atoms with Gasteiger partial charge in [-0.25, -0.2) is 0 Å². The molecule has 0 aliphatic carbocycles. The van der Waals surface area contributed by atoms with E-state index in [0.717, 1.165) is 10.9 Å². The van der Waals surface area contributed by atoms with Gasteiger partial charge in [-0.1, -0.05) is 32.0 Å². The number of aromatic nitrogens is 1. The molecule has 3 nitrogen and oxygen atoms in total. The molecule has 15 heavy (non-hydrogen) atoms. The van der Waals surface area contributed by atoms with E-state index in [2.05, 4.69) is 0 Å². The summed E-state index contributed by atoms with van der Waals surface area (Å²) in [6, 6.07) is 9.03. The van der Waals surface area contributed by atoms with Crippen molar-refractivity contribution in [1.29, 1.82) is 0 Å². The van der Waals surface area contributed by atoms with Crippen molar-refractivity contribution in [3.63, 3.8) is 0 Å². The Labute approximate surface area is 89.1 Å². The number of hydrogen-bond acceptors (Lipinski definition) is 2. The van der Waals surface area contributed by atoms with E-state index >= 15 is 0 Å². The molecule has 0 fully saturated rings. The van der Waals surface area contributed by atoms with Crippen molar-refractivity contribution in [3.05, 3.63) is 40.7 Å². The van der Waals surface area contributed by atoms with E-state index in [1.165, 1.54) is 6.07 Å². The van der Waals surface area contributed by atoms with Gasteiger partial charge in [0.25, 0.3) is 5.56 Å². The molecule has 2 rings (SSSR count). The van der Waals surface area contributed by atoms with Crippen LogP contribution in [0.25, 0.3) is 10.9 Å². The number of hydrogen-bond donors (Lipinski definition) is 1. The SMILES string of the molecule is CC.Cn1c(=O)cc(N)c2ccccc21. The van der Waals surface area contributed by atoms with Gasteiger partial charge in [0.1, 0.15) is 0 Å². The second-order valence-electron chi connectivity index (χ2n) is 3.01. The Morgan fingerprint density at radius 3 is 2.47 bits per heavy atom. The number of nitrogen functional groups attached to an aromatic ring is 1. The van der Waals surface area contributed by atoms with Gasteiger partial charge in [0, 0.05) is 24.2 Å². The first-order chi connectivity index (χ1) is 7.20. The Balaban J connectivity index is 0.000000531. The monoisotopic (exact) mass is 204 g/mol. The van der Waals surface area contributed by atoms with Gasteiger partial charge in [0.15, 0.2) is 0 Å². The second-order valence-corrected chi connectivity index (χ2v) is 3.01. The van der Waals surface area contributed by atoms with Gasteiger partial charge in [-0.05, 0) is 6.07 Å². The number of anilines is 1. The van der Waals surface area contributed by atoms with Crippen LogP contribution in [0.2, 0.25) is 0 Å². The first-order valence-electron chi connectivity index (χ1n) is 5.04. The molecule has 1 aromatic heterocycles. The Morgan fingerprint density at radius 2 is 1.80 bits per heavy atom. The standard InChI is InChI=1S/C10H10N2O.C2H6/c1-12-9-5-3-2-4-7(9)8(11)6-10(12)13;1-2/h2-6H,11H2,1H3;1-2H3. The number of para-hydroxylation sites is 1. The van der Waals surface area contributed by atoms with Gasteiger partial charge >= 0.3 is 0 Å². The zero-order chi connectivity index (χ0) is 11.4. The van der Waals surface area contributed by atoms with Crippen LogP contribution in [0.4, 0.5) is 5.69 Å². The normalized spacial score (nSPS) is 9.53. The quantitative estimate of drug-likeness (QED) is 0.714. The maximum atomic E-state index is 11.3. The van der Waals surface area contributed by atoms with Gasteiger partial charge in [-0.15, -0.1) is 0 Å². The number of pyridine rings is 1. The fourth-order valence-corrected chi connectivity index (χ4v) is 1.44. The minimum Gasteiger partial charge on any atom is -0.398 e. The number of fused-ring (bicyclic) bond motifs is 1. The van der Waals surface area contributed by atoms with Gasteiger partial charge in [-0.2, -0.15) is 0 Å². The van der Waals surface area contributed by atoms with Crippen LogP contribution in [0.15, 0.2) is 35.1 Å². The van der Waals surface area contributed by atoms with E-state index in [4.69, 9.17) is 5.73 Å². The molecule has 0 saturated carbocycles. The van der Waals surface area contributed by atoms with Crippen LogP contribution in [0.3, 0.4) is 0 Å². The molecule has 2 aromatic rings. The van der Waals surface area contributed by atoms with Crippen LogP contribution in [-0.4, -0.2) is 4.57 Å². The molecule has 0 aliphatic rings. The molecule has 1 heterocycles. The van der Waals surface area contributed by atoms with Crippen LogP contribution in [-0.2, 0) is 7.05 Å². The van der Waals surface area contributed by atoms with Crippen LogP contribution >= 0.6 is 0 Å². The highest BCUT2D eigenvalue weighted by Crippen LogP contribution is 2.16. The predicted octanol–water partition coefficient (Wildman–Crippen LogP) is 2.15. The number of benzene rings is 1. The summed E-state index contributed by atoms with van der Waals surface area (Å²) < 4.78 is 1.59. The molecule has 0 amide bonds. The van der Waals surface area contributed by atoms with Crippen LogP contribution in [0, 0.1) is 0 Å². The summed E-state index contributed by atoms with van der Waals surface area (Å²) in [6.45, 7) is 4.00. The Bertz CT molecular complexity index is 515. The van der Waals surface area contributed by atoms with Crippen LogP contribution in [0.1, 0.15) is 13.8 Å². The average Bonchev–Trinajstić information content (AvgIpc) is 2.29. The van der Waals surface area contributed by atoms with E-state index < -0.39 is 0 Å². The molecule has 2 N–H and O–H groups in total. The minimum atomic E-state index is -0.0730. The summed E-state index contributed by atoms with van der Waals surface area (Å²) in [5.41, 5.74) is 7.05. The fraction of sp³-hybridized carbons (Fsp3) is 0.250. The third kappa shape index (κ3) is 2.01. The number of rotatable bonds is 0. The molecule has 0 unspecified atom stereocenters. The Hall–Kier alpha value is -1.77. The van der Waals surface area contributed by atoms with Crippen LogP contribution in [0.5, 0.6) is 0 Å². The van der Waals surface area contributed by atoms with E-state index in [0.29, 0.717) is 5.69 Å². The topological polar surface area (TPSA) is 48.0 Å². The first kappa shape index (κ1) is 11.3. The fourth-order valence-electron chi connectivity index (χ4n) is 1.44. The van der Waals surface area contributed by atoms with Gasteiger partial charge < -0.3 is 10.3 Å². The minimum absolute atomic E-state index is 0.0730. The number of aryl methyl sites for hydroxylation is 1. The second kappa shape index (κ2) is 4.64.